The molecule has 3 rings (SSSR count). The number of nitrogens with zero attached hydrogens (tertiary/aromatic N) is 1. The quantitative estimate of drug-likeness (QED) is 0.715. The molecule has 1 unspecified atom stereocenters. The molecular weight excluding hydrogens is 354 g/mol. The summed E-state index contributed by atoms with van der Waals surface area (Å²) in [5.41, 5.74) is 1.20. The average Bonchev–Trinajstić information content (AvgIpc) is 2.66. The summed E-state index contributed by atoms with van der Waals surface area (Å²) in [7, 11) is 1.37. The highest BCUT2D eigenvalue weighted by atomic mass is 16.6. The van der Waals surface area contributed by atoms with Crippen LogP contribution in [0.1, 0.15) is 44.7 Å². The summed E-state index contributed by atoms with van der Waals surface area (Å²) in [6.07, 6.45) is 0.942. The van der Waals surface area contributed by atoms with Gasteiger partial charge in [0.25, 0.3) is 0 Å². The molecule has 2 aromatic carbocycles. The van der Waals surface area contributed by atoms with Crippen molar-refractivity contribution in [1.29, 1.82) is 0 Å². The van der Waals surface area contributed by atoms with Crippen molar-refractivity contribution in [2.45, 2.75) is 51.2 Å². The second-order valence-electron chi connectivity index (χ2n) is 8.09. The second kappa shape index (κ2) is 7.66. The third-order valence-corrected chi connectivity index (χ3v) is 5.02. The van der Waals surface area contributed by atoms with Crippen LogP contribution in [0, 0.1) is 0 Å². The maximum atomic E-state index is 13.4. The van der Waals surface area contributed by atoms with Gasteiger partial charge in [-0.25, -0.2) is 4.79 Å². The summed E-state index contributed by atoms with van der Waals surface area (Å²) in [6.45, 7) is 5.52. The van der Waals surface area contributed by atoms with Crippen LogP contribution >= 0.6 is 0 Å². The van der Waals surface area contributed by atoms with E-state index in [2.05, 4.69) is 0 Å². The molecule has 0 bridgehead atoms. The zero-order chi connectivity index (χ0) is 20.4. The van der Waals surface area contributed by atoms with Crippen molar-refractivity contribution >= 4 is 17.7 Å². The summed E-state index contributed by atoms with van der Waals surface area (Å²) < 4.78 is 10.8. The van der Waals surface area contributed by atoms with Crippen molar-refractivity contribution in [2.24, 2.45) is 0 Å². The lowest BCUT2D eigenvalue weighted by Crippen LogP contribution is -2.55. The van der Waals surface area contributed by atoms with E-state index in [1.807, 2.05) is 75.4 Å². The molecule has 5 nitrogen and oxygen atoms in total. The van der Waals surface area contributed by atoms with Gasteiger partial charge in [0.1, 0.15) is 5.60 Å². The van der Waals surface area contributed by atoms with E-state index in [-0.39, 0.29) is 12.4 Å². The van der Waals surface area contributed by atoms with E-state index < -0.39 is 17.2 Å². The highest BCUT2D eigenvalue weighted by molar-refractivity contribution is 5.93. The molecule has 0 aromatic heterocycles. The van der Waals surface area contributed by atoms with Crippen LogP contribution in [-0.2, 0) is 26.2 Å². The highest BCUT2D eigenvalue weighted by Gasteiger charge is 2.48. The first-order chi connectivity index (χ1) is 13.3. The van der Waals surface area contributed by atoms with Crippen LogP contribution in [-0.4, -0.2) is 24.8 Å². The summed E-state index contributed by atoms with van der Waals surface area (Å²) in [6, 6.07) is 17.4. The molecule has 0 N–H and O–H groups in total. The smallest absolute Gasteiger partial charge is 0.415 e. The molecule has 0 spiro atoms. The van der Waals surface area contributed by atoms with Crippen molar-refractivity contribution in [3.05, 3.63) is 65.7 Å². The minimum absolute atomic E-state index is 0.0566. The van der Waals surface area contributed by atoms with E-state index >= 15 is 0 Å². The molecule has 1 amide bonds. The van der Waals surface area contributed by atoms with Crippen LogP contribution in [0.25, 0.3) is 0 Å². The number of para-hydroxylation sites is 1. The molecule has 148 valence electrons. The Balaban J connectivity index is 2.20. The molecule has 2 aromatic rings. The first-order valence-electron chi connectivity index (χ1n) is 9.50. The topological polar surface area (TPSA) is 55.8 Å². The van der Waals surface area contributed by atoms with Gasteiger partial charge in [0.2, 0.25) is 0 Å². The van der Waals surface area contributed by atoms with Crippen LogP contribution in [0.15, 0.2) is 54.6 Å². The number of rotatable bonds is 3. The number of hydrogen-bond acceptors (Lipinski definition) is 4. The maximum absolute atomic E-state index is 13.4. The van der Waals surface area contributed by atoms with Gasteiger partial charge in [-0.1, -0.05) is 48.5 Å². The minimum Gasteiger partial charge on any atom is -0.469 e. The van der Waals surface area contributed by atoms with Gasteiger partial charge in [-0.05, 0) is 50.8 Å². The largest absolute Gasteiger partial charge is 0.469 e. The van der Waals surface area contributed by atoms with Crippen LogP contribution in [0.3, 0.4) is 0 Å². The fraction of sp³-hybridized carbons (Fsp3) is 0.391. The number of anilines is 1. The fourth-order valence-corrected chi connectivity index (χ4v) is 3.81. The molecule has 1 heterocycles. The Kier molecular flexibility index (Phi) is 5.45. The lowest BCUT2D eigenvalue weighted by molar-refractivity contribution is -0.142. The highest BCUT2D eigenvalue weighted by Crippen LogP contribution is 2.46. The van der Waals surface area contributed by atoms with Crippen molar-refractivity contribution < 1.29 is 19.1 Å². The van der Waals surface area contributed by atoms with Gasteiger partial charge in [0, 0.05) is 0 Å². The number of ether oxygens (including phenoxy) is 2. The maximum Gasteiger partial charge on any atom is 0.415 e. The van der Waals surface area contributed by atoms with Gasteiger partial charge in [-0.15, -0.1) is 0 Å². The van der Waals surface area contributed by atoms with Crippen LogP contribution < -0.4 is 4.90 Å². The number of carbonyl (C=O) groups is 2. The summed E-state index contributed by atoms with van der Waals surface area (Å²) >= 11 is 0. The summed E-state index contributed by atoms with van der Waals surface area (Å²) in [4.78, 5) is 27.5. The van der Waals surface area contributed by atoms with Crippen molar-refractivity contribution in [1.82, 2.24) is 0 Å². The van der Waals surface area contributed by atoms with E-state index in [1.54, 1.807) is 4.90 Å². The van der Waals surface area contributed by atoms with Crippen LogP contribution in [0.4, 0.5) is 10.5 Å². The molecule has 0 aliphatic carbocycles. The van der Waals surface area contributed by atoms with Crippen molar-refractivity contribution in [2.75, 3.05) is 12.0 Å². The van der Waals surface area contributed by atoms with E-state index in [0.29, 0.717) is 6.42 Å². The normalized spacial score (nSPS) is 18.9. The van der Waals surface area contributed by atoms with Crippen molar-refractivity contribution in [3.8, 4) is 0 Å². The standard InChI is InChI=1S/C23H27NO4/c1-22(2,3)28-21(26)24-19-13-9-8-10-17(19)14-15-23(24,16-20(25)27-4)18-11-6-5-7-12-18/h5-13H,14-16H2,1-4H3. The lowest BCUT2D eigenvalue weighted by Gasteiger charge is -2.47. The number of methoxy groups -OCH3 is 1. The second-order valence-corrected chi connectivity index (χ2v) is 8.09. The molecule has 1 aliphatic rings. The zero-order valence-electron chi connectivity index (χ0n) is 16.9. The number of carbonyl (C=O) groups excluding carboxylic acids is 2. The molecule has 1 atom stereocenters. The molecule has 0 saturated carbocycles. The van der Waals surface area contributed by atoms with E-state index in [4.69, 9.17) is 9.47 Å². The minimum atomic E-state index is -0.870. The number of esters is 1. The molecule has 0 saturated heterocycles. The van der Waals surface area contributed by atoms with E-state index in [9.17, 15) is 9.59 Å². The molecule has 5 heteroatoms. The fourth-order valence-electron chi connectivity index (χ4n) is 3.81. The Bertz CT molecular complexity index is 856. The number of benzene rings is 2. The molecular formula is C23H27NO4. The number of amides is 1. The van der Waals surface area contributed by atoms with Crippen molar-refractivity contribution in [3.63, 3.8) is 0 Å². The third-order valence-electron chi connectivity index (χ3n) is 5.02. The summed E-state index contributed by atoms with van der Waals surface area (Å²) in [5.74, 6) is -0.364. The Hall–Kier alpha value is -2.82. The Morgan fingerprint density at radius 3 is 2.32 bits per heavy atom. The number of fused-ring (bicyclic) bond motifs is 1. The zero-order valence-corrected chi connectivity index (χ0v) is 16.9. The summed E-state index contributed by atoms with van der Waals surface area (Å²) in [5, 5.41) is 0. The van der Waals surface area contributed by atoms with Gasteiger partial charge in [0.15, 0.2) is 0 Å². The Labute approximate surface area is 166 Å². The van der Waals surface area contributed by atoms with Gasteiger partial charge in [-0.2, -0.15) is 0 Å². The molecule has 0 fully saturated rings. The lowest BCUT2D eigenvalue weighted by atomic mass is 9.76. The number of hydrogen-bond donors (Lipinski definition) is 0. The van der Waals surface area contributed by atoms with Gasteiger partial charge in [-0.3, -0.25) is 9.69 Å². The van der Waals surface area contributed by atoms with E-state index in [1.165, 1.54) is 7.11 Å². The number of aryl methyl sites for hydroxylation is 1. The van der Waals surface area contributed by atoms with E-state index in [0.717, 1.165) is 23.2 Å². The molecule has 0 radical (unpaired) electrons. The first-order valence-corrected chi connectivity index (χ1v) is 9.50. The van der Waals surface area contributed by atoms with Crippen LogP contribution in [0.2, 0.25) is 0 Å². The van der Waals surface area contributed by atoms with Gasteiger partial charge < -0.3 is 9.47 Å². The van der Waals surface area contributed by atoms with Crippen LogP contribution in [0.5, 0.6) is 0 Å². The molecule has 28 heavy (non-hydrogen) atoms. The average molecular weight is 381 g/mol. The first kappa shape index (κ1) is 19.9. The Morgan fingerprint density at radius 2 is 1.68 bits per heavy atom. The predicted octanol–water partition coefficient (Wildman–Crippen LogP) is 4.83. The third kappa shape index (κ3) is 3.88. The monoisotopic (exact) mass is 381 g/mol. The SMILES string of the molecule is COC(=O)CC1(c2ccccc2)CCc2ccccc2N1C(=O)OC(C)(C)C. The van der Waals surface area contributed by atoms with Gasteiger partial charge in [0.05, 0.1) is 24.8 Å². The van der Waals surface area contributed by atoms with Gasteiger partial charge >= 0.3 is 12.1 Å². The molecule has 1 aliphatic heterocycles. The Morgan fingerprint density at radius 1 is 1.04 bits per heavy atom. The predicted molar refractivity (Wildman–Crippen MR) is 108 cm³/mol.